The van der Waals surface area contributed by atoms with Crippen molar-refractivity contribution in [3.63, 3.8) is 0 Å². The maximum atomic E-state index is 11.2. The molecule has 0 aliphatic carbocycles. The van der Waals surface area contributed by atoms with Gasteiger partial charge in [-0.15, -0.1) is 0 Å². The summed E-state index contributed by atoms with van der Waals surface area (Å²) in [6, 6.07) is 8.08. The zero-order chi connectivity index (χ0) is 9.26. The zero-order valence-electron chi connectivity index (χ0n) is 6.65. The molecular formula is C10H5NO2. The van der Waals surface area contributed by atoms with E-state index in [0.717, 1.165) is 0 Å². The monoisotopic (exact) mass is 171 g/mol. The van der Waals surface area contributed by atoms with Gasteiger partial charge in [0, 0.05) is 6.07 Å². The van der Waals surface area contributed by atoms with Gasteiger partial charge in [0.15, 0.2) is 5.43 Å². The summed E-state index contributed by atoms with van der Waals surface area (Å²) in [6.45, 7) is 0. The van der Waals surface area contributed by atoms with Crippen molar-refractivity contribution in [3.05, 3.63) is 46.3 Å². The molecule has 0 atom stereocenters. The smallest absolute Gasteiger partial charge is 0.192 e. The van der Waals surface area contributed by atoms with Crippen LogP contribution in [0.25, 0.3) is 11.0 Å². The molecule has 0 spiro atoms. The first-order valence-electron chi connectivity index (χ1n) is 3.73. The first-order valence-corrected chi connectivity index (χ1v) is 3.73. The molecule has 2 aromatic rings. The Bertz CT molecular complexity index is 549. The second-order valence-corrected chi connectivity index (χ2v) is 2.61. The summed E-state index contributed by atoms with van der Waals surface area (Å²) in [6.07, 6.45) is 1.33. The number of benzene rings is 1. The van der Waals surface area contributed by atoms with Crippen LogP contribution in [0.3, 0.4) is 0 Å². The Hall–Kier alpha value is -2.08. The van der Waals surface area contributed by atoms with E-state index in [1.807, 2.05) is 6.07 Å². The fourth-order valence-corrected chi connectivity index (χ4v) is 1.15. The molecule has 0 radical (unpaired) electrons. The van der Waals surface area contributed by atoms with Crippen LogP contribution in [-0.2, 0) is 0 Å². The molecule has 1 aromatic carbocycles. The van der Waals surface area contributed by atoms with E-state index >= 15 is 0 Å². The third-order valence-electron chi connectivity index (χ3n) is 1.79. The molecule has 0 bridgehead atoms. The van der Waals surface area contributed by atoms with Crippen LogP contribution < -0.4 is 5.43 Å². The Kier molecular flexibility index (Phi) is 1.60. The number of nitrogens with zero attached hydrogens (tertiary/aromatic N) is 1. The Labute approximate surface area is 73.8 Å². The van der Waals surface area contributed by atoms with Crippen molar-refractivity contribution in [2.24, 2.45) is 0 Å². The second kappa shape index (κ2) is 2.76. The van der Waals surface area contributed by atoms with Gasteiger partial charge in [-0.05, 0) is 18.2 Å². The van der Waals surface area contributed by atoms with Gasteiger partial charge in [0.2, 0.25) is 0 Å². The number of nitriles is 1. The van der Waals surface area contributed by atoms with Gasteiger partial charge in [-0.1, -0.05) is 0 Å². The van der Waals surface area contributed by atoms with Crippen molar-refractivity contribution in [2.45, 2.75) is 0 Å². The molecule has 3 nitrogen and oxygen atoms in total. The van der Waals surface area contributed by atoms with E-state index < -0.39 is 0 Å². The van der Waals surface area contributed by atoms with Crippen LogP contribution in [0.1, 0.15) is 5.56 Å². The van der Waals surface area contributed by atoms with E-state index in [4.69, 9.17) is 9.68 Å². The molecule has 0 aliphatic rings. The van der Waals surface area contributed by atoms with Crippen LogP contribution >= 0.6 is 0 Å². The number of fused-ring (bicyclic) bond motifs is 1. The second-order valence-electron chi connectivity index (χ2n) is 2.61. The molecule has 1 aromatic heterocycles. The van der Waals surface area contributed by atoms with Crippen LogP contribution in [-0.4, -0.2) is 0 Å². The summed E-state index contributed by atoms with van der Waals surface area (Å²) in [7, 11) is 0. The summed E-state index contributed by atoms with van der Waals surface area (Å²) in [4.78, 5) is 11.2. The molecule has 1 heterocycles. The molecule has 0 unspecified atom stereocenters. The SMILES string of the molecule is N#Cc1ccc2c(=O)ccoc2c1. The van der Waals surface area contributed by atoms with Crippen molar-refractivity contribution in [1.29, 1.82) is 5.26 Å². The minimum Gasteiger partial charge on any atom is -0.464 e. The Balaban J connectivity index is 2.90. The molecule has 62 valence electrons. The average molecular weight is 171 g/mol. The fourth-order valence-electron chi connectivity index (χ4n) is 1.15. The van der Waals surface area contributed by atoms with Gasteiger partial charge >= 0.3 is 0 Å². The lowest BCUT2D eigenvalue weighted by molar-refractivity contribution is 0.602. The average Bonchev–Trinajstić information content (AvgIpc) is 2.18. The molecule has 0 aliphatic heterocycles. The van der Waals surface area contributed by atoms with Crippen LogP contribution in [0, 0.1) is 11.3 Å². The van der Waals surface area contributed by atoms with Crippen LogP contribution in [0.15, 0.2) is 39.7 Å². The van der Waals surface area contributed by atoms with Gasteiger partial charge in [-0.2, -0.15) is 5.26 Å². The lowest BCUT2D eigenvalue weighted by atomic mass is 10.1. The van der Waals surface area contributed by atoms with Crippen molar-refractivity contribution in [3.8, 4) is 6.07 Å². The molecule has 0 saturated heterocycles. The highest BCUT2D eigenvalue weighted by Gasteiger charge is 1.99. The quantitative estimate of drug-likeness (QED) is 0.605. The first kappa shape index (κ1) is 7.56. The maximum absolute atomic E-state index is 11.2. The highest BCUT2D eigenvalue weighted by atomic mass is 16.3. The molecule has 3 heteroatoms. The lowest BCUT2D eigenvalue weighted by Crippen LogP contribution is -1.97. The van der Waals surface area contributed by atoms with Crippen LogP contribution in [0.2, 0.25) is 0 Å². The Morgan fingerprint density at radius 1 is 1.31 bits per heavy atom. The molecule has 13 heavy (non-hydrogen) atoms. The Morgan fingerprint density at radius 2 is 2.15 bits per heavy atom. The van der Waals surface area contributed by atoms with Crippen molar-refractivity contribution >= 4 is 11.0 Å². The fraction of sp³-hybridized carbons (Fsp3) is 0. The summed E-state index contributed by atoms with van der Waals surface area (Å²) in [5.41, 5.74) is 0.846. The van der Waals surface area contributed by atoms with E-state index in [2.05, 4.69) is 0 Å². The normalized spacial score (nSPS) is 9.77. The minimum absolute atomic E-state index is 0.0919. The van der Waals surface area contributed by atoms with Crippen molar-refractivity contribution in [1.82, 2.24) is 0 Å². The standard InChI is InChI=1S/C10H5NO2/c11-6-7-1-2-8-9(12)3-4-13-10(8)5-7/h1-5H. The molecule has 0 fully saturated rings. The third-order valence-corrected chi connectivity index (χ3v) is 1.79. The summed E-state index contributed by atoms with van der Waals surface area (Å²) >= 11 is 0. The third kappa shape index (κ3) is 1.18. The highest BCUT2D eigenvalue weighted by molar-refractivity contribution is 5.77. The van der Waals surface area contributed by atoms with Gasteiger partial charge in [0.1, 0.15) is 5.58 Å². The number of hydrogen-bond donors (Lipinski definition) is 0. The highest BCUT2D eigenvalue weighted by Crippen LogP contribution is 2.11. The molecule has 2 rings (SSSR count). The molecular weight excluding hydrogens is 166 g/mol. The summed E-state index contributed by atoms with van der Waals surface area (Å²) in [5.74, 6) is 0. The summed E-state index contributed by atoms with van der Waals surface area (Å²) in [5, 5.41) is 9.10. The van der Waals surface area contributed by atoms with Crippen molar-refractivity contribution < 1.29 is 4.42 Å². The van der Waals surface area contributed by atoms with Crippen LogP contribution in [0.4, 0.5) is 0 Å². The van der Waals surface area contributed by atoms with Gasteiger partial charge in [-0.25, -0.2) is 0 Å². The summed E-state index contributed by atoms with van der Waals surface area (Å²) < 4.78 is 5.08. The zero-order valence-corrected chi connectivity index (χ0v) is 6.65. The van der Waals surface area contributed by atoms with E-state index in [1.54, 1.807) is 18.2 Å². The topological polar surface area (TPSA) is 54.0 Å². The van der Waals surface area contributed by atoms with E-state index in [9.17, 15) is 4.79 Å². The predicted molar refractivity (Wildman–Crippen MR) is 47.2 cm³/mol. The molecule has 0 saturated carbocycles. The number of rotatable bonds is 0. The minimum atomic E-state index is -0.0919. The lowest BCUT2D eigenvalue weighted by Gasteiger charge is -1.94. The van der Waals surface area contributed by atoms with Crippen LogP contribution in [0.5, 0.6) is 0 Å². The largest absolute Gasteiger partial charge is 0.464 e. The van der Waals surface area contributed by atoms with Crippen molar-refractivity contribution in [2.75, 3.05) is 0 Å². The van der Waals surface area contributed by atoms with E-state index in [-0.39, 0.29) is 5.43 Å². The van der Waals surface area contributed by atoms with Gasteiger partial charge < -0.3 is 4.42 Å². The van der Waals surface area contributed by atoms with E-state index in [0.29, 0.717) is 16.5 Å². The maximum Gasteiger partial charge on any atom is 0.192 e. The number of hydrogen-bond acceptors (Lipinski definition) is 3. The molecule has 0 N–H and O–H groups in total. The van der Waals surface area contributed by atoms with E-state index in [1.165, 1.54) is 12.3 Å². The van der Waals surface area contributed by atoms with Gasteiger partial charge in [0.05, 0.1) is 23.3 Å². The molecule has 0 amide bonds. The Morgan fingerprint density at radius 3 is 2.92 bits per heavy atom. The predicted octanol–water partition coefficient (Wildman–Crippen LogP) is 1.66. The first-order chi connectivity index (χ1) is 6.31. The van der Waals surface area contributed by atoms with Gasteiger partial charge in [0.25, 0.3) is 0 Å². The van der Waals surface area contributed by atoms with Gasteiger partial charge in [-0.3, -0.25) is 4.79 Å².